The number of ether oxygens (including phenoxy) is 1. The van der Waals surface area contributed by atoms with E-state index in [0.717, 1.165) is 16.6 Å². The lowest BCUT2D eigenvalue weighted by Gasteiger charge is -2.32. The van der Waals surface area contributed by atoms with Gasteiger partial charge in [0, 0.05) is 29.8 Å². The Morgan fingerprint density at radius 2 is 1.45 bits per heavy atom. The minimum atomic E-state index is -3.04. The number of nitrogens with one attached hydrogen (secondary N) is 2. The molecule has 2 aliphatic rings. The first-order valence-corrected chi connectivity index (χ1v) is 23.9. The van der Waals surface area contributed by atoms with Crippen LogP contribution >= 0.6 is 0 Å². The number of aryl methyl sites for hydroxylation is 1. The Morgan fingerprint density at radius 3 is 2.10 bits per heavy atom. The Labute approximate surface area is 356 Å². The van der Waals surface area contributed by atoms with Crippen LogP contribution in [0.1, 0.15) is 41.6 Å². The van der Waals surface area contributed by atoms with E-state index in [1.165, 1.54) is 9.36 Å². The summed E-state index contributed by atoms with van der Waals surface area (Å²) in [6.07, 6.45) is 1.72. The second-order valence-corrected chi connectivity index (χ2v) is 21.0. The fraction of sp³-hybridized carbons (Fsp3) is 0.255. The number of carbonyl (C=O) groups is 1. The molecule has 1 amide bonds. The number of aliphatic hydroxyl groups excluding tert-OH is 1. The van der Waals surface area contributed by atoms with E-state index in [1.807, 2.05) is 135 Å². The third kappa shape index (κ3) is 6.38. The number of hydrogen-bond donors (Lipinski definition) is 4. The number of rotatable bonds is 11. The van der Waals surface area contributed by atoms with Crippen LogP contribution in [0.2, 0.25) is 18.6 Å². The molecule has 0 bridgehead atoms. The number of H-pyrrole nitrogens is 2. The molecule has 2 aliphatic heterocycles. The largest absolute Gasteiger partial charge is 0.432 e. The Balaban J connectivity index is 1.03. The quantitative estimate of drug-likeness (QED) is 0.113. The van der Waals surface area contributed by atoms with Crippen LogP contribution in [0.3, 0.4) is 0 Å². The Kier molecular flexibility index (Phi) is 9.59. The molecular weight excluding hydrogens is 801 g/mol. The zero-order valence-electron chi connectivity index (χ0n) is 34.5. The third-order valence-corrected chi connectivity index (χ3v) is 15.4. The van der Waals surface area contributed by atoms with E-state index in [1.54, 1.807) is 21.7 Å². The van der Waals surface area contributed by atoms with Gasteiger partial charge in [-0.1, -0.05) is 78.9 Å². The summed E-state index contributed by atoms with van der Waals surface area (Å²) in [4.78, 5) is 56.4. The molecule has 0 saturated carbocycles. The molecule has 62 heavy (non-hydrogen) atoms. The minimum absolute atomic E-state index is 0.128. The van der Waals surface area contributed by atoms with Gasteiger partial charge in [0.2, 0.25) is 0 Å². The summed E-state index contributed by atoms with van der Waals surface area (Å²) in [5, 5.41) is 26.7. The average Bonchev–Trinajstić information content (AvgIpc) is 4.08. The van der Waals surface area contributed by atoms with Crippen molar-refractivity contribution < 1.29 is 19.4 Å². The van der Waals surface area contributed by atoms with Crippen LogP contribution in [-0.4, -0.2) is 71.4 Å². The number of carbonyl (C=O) groups excluding carboxylic acids is 1. The number of nitrogens with zero attached hydrogens (tertiary/aromatic N) is 6. The standard InChI is InChI=1S/C47H46N8O6Si/c1-29-43(62(2,3)60)42(22-23-52-27-40(48-51-52)36(28-56)31-13-5-4-6-14-31)61-47(29)37-25-33(55-45(58)35-17-8-10-19-39(35)50-55)20-21-41(37)53(46(47)59)26-30-12-11-15-32(24-30)54-44(57)34-16-7-9-18-38(34)49-54/h4-21,24-25,27,29,36,42-43,49-50,56,60H,22-23,26,28H2,1-3H3/t29-,36?,42+,43-,47+/m1/s1. The van der Waals surface area contributed by atoms with Gasteiger partial charge in [0.25, 0.3) is 17.0 Å². The predicted molar refractivity (Wildman–Crippen MR) is 238 cm³/mol. The van der Waals surface area contributed by atoms with Crippen LogP contribution in [0.15, 0.2) is 137 Å². The Bertz CT molecular complexity index is 3110. The molecular formula is C47H46N8O6Si. The van der Waals surface area contributed by atoms with Gasteiger partial charge in [-0.25, -0.2) is 9.36 Å². The molecule has 1 fully saturated rings. The molecule has 1 saturated heterocycles. The van der Waals surface area contributed by atoms with Gasteiger partial charge >= 0.3 is 0 Å². The van der Waals surface area contributed by atoms with Gasteiger partial charge in [-0.15, -0.1) is 5.10 Å². The number of aromatic amines is 2. The van der Waals surface area contributed by atoms with Crippen molar-refractivity contribution in [2.45, 2.75) is 62.7 Å². The number of benzene rings is 5. The molecule has 5 heterocycles. The molecule has 0 radical (unpaired) electrons. The van der Waals surface area contributed by atoms with Crippen molar-refractivity contribution in [1.82, 2.24) is 34.6 Å². The highest BCUT2D eigenvalue weighted by molar-refractivity contribution is 6.71. The lowest BCUT2D eigenvalue weighted by molar-refractivity contribution is -0.146. The van der Waals surface area contributed by atoms with E-state index in [2.05, 4.69) is 20.5 Å². The highest BCUT2D eigenvalue weighted by Gasteiger charge is 2.66. The van der Waals surface area contributed by atoms with Crippen molar-refractivity contribution in [2.75, 3.05) is 11.5 Å². The number of hydrogen-bond acceptors (Lipinski definition) is 8. The number of amides is 1. The van der Waals surface area contributed by atoms with Gasteiger partial charge in [0.1, 0.15) is 0 Å². The zero-order chi connectivity index (χ0) is 42.9. The summed E-state index contributed by atoms with van der Waals surface area (Å²) in [5.74, 6) is -1.07. The number of para-hydroxylation sites is 2. The van der Waals surface area contributed by atoms with Gasteiger partial charge in [0.05, 0.1) is 69.7 Å². The SMILES string of the molecule is C[C@@H]1[C@@H]([Si](C)(C)O)[C@H](CCn2cc(C(CO)c3ccccc3)nn2)O[C@@]12C(=O)N(Cc1cccc(-n3[nH]c4ccccc4c3=O)c1)c1ccc(-n3[nH]c4ccccc4c3=O)cc12. The van der Waals surface area contributed by atoms with Crippen LogP contribution in [0.5, 0.6) is 0 Å². The average molecular weight is 847 g/mol. The lowest BCUT2D eigenvalue weighted by atomic mass is 9.82. The molecule has 5 aromatic carbocycles. The molecule has 0 aliphatic carbocycles. The van der Waals surface area contributed by atoms with Crippen LogP contribution in [0.4, 0.5) is 5.69 Å². The van der Waals surface area contributed by atoms with Crippen LogP contribution < -0.4 is 16.0 Å². The second kappa shape index (κ2) is 15.1. The number of aliphatic hydroxyl groups is 1. The van der Waals surface area contributed by atoms with Gasteiger partial charge in [-0.2, -0.15) is 0 Å². The molecule has 1 spiro atoms. The maximum absolute atomic E-state index is 15.5. The smallest absolute Gasteiger partial charge is 0.279 e. The summed E-state index contributed by atoms with van der Waals surface area (Å²) in [6, 6.07) is 37.4. The first kappa shape index (κ1) is 39.5. The van der Waals surface area contributed by atoms with Crippen molar-refractivity contribution in [1.29, 1.82) is 0 Å². The number of aromatic nitrogens is 7. The molecule has 8 aromatic rings. The van der Waals surface area contributed by atoms with E-state index >= 15 is 4.79 Å². The topological polar surface area (TPSA) is 176 Å². The number of fused-ring (bicyclic) bond motifs is 4. The van der Waals surface area contributed by atoms with E-state index in [4.69, 9.17) is 4.74 Å². The summed E-state index contributed by atoms with van der Waals surface area (Å²) in [5.41, 5.74) is 3.92. The van der Waals surface area contributed by atoms with Gasteiger partial charge < -0.3 is 19.5 Å². The van der Waals surface area contributed by atoms with Gasteiger partial charge in [-0.3, -0.25) is 29.3 Å². The normalized spacial score (nSPS) is 20.5. The summed E-state index contributed by atoms with van der Waals surface area (Å²) < 4.78 is 11.9. The molecule has 15 heteroatoms. The fourth-order valence-electron chi connectivity index (χ4n) is 9.99. The second-order valence-electron chi connectivity index (χ2n) is 17.1. The minimum Gasteiger partial charge on any atom is -0.432 e. The van der Waals surface area contributed by atoms with Gasteiger partial charge in [0.15, 0.2) is 13.9 Å². The maximum atomic E-state index is 15.5. The molecule has 3 aromatic heterocycles. The van der Waals surface area contributed by atoms with Crippen molar-refractivity contribution >= 4 is 41.7 Å². The van der Waals surface area contributed by atoms with Crippen molar-refractivity contribution in [3.8, 4) is 11.4 Å². The van der Waals surface area contributed by atoms with Gasteiger partial charge in [-0.05, 0) is 85.2 Å². The molecule has 314 valence electrons. The predicted octanol–water partition coefficient (Wildman–Crippen LogP) is 6.10. The molecule has 4 N–H and O–H groups in total. The molecule has 14 nitrogen and oxygen atoms in total. The summed E-state index contributed by atoms with van der Waals surface area (Å²) in [7, 11) is -3.04. The van der Waals surface area contributed by atoms with Crippen molar-refractivity contribution in [2.24, 2.45) is 5.92 Å². The van der Waals surface area contributed by atoms with Crippen LogP contribution in [-0.2, 0) is 28.2 Å². The Hall–Kier alpha value is -6.65. The highest BCUT2D eigenvalue weighted by atomic mass is 28.4. The zero-order valence-corrected chi connectivity index (χ0v) is 35.5. The van der Waals surface area contributed by atoms with Crippen LogP contribution in [0, 0.1) is 5.92 Å². The van der Waals surface area contributed by atoms with Crippen LogP contribution in [0.25, 0.3) is 33.2 Å². The molecule has 1 unspecified atom stereocenters. The monoisotopic (exact) mass is 846 g/mol. The highest BCUT2D eigenvalue weighted by Crippen LogP contribution is 2.60. The van der Waals surface area contributed by atoms with E-state index < -0.39 is 25.9 Å². The van der Waals surface area contributed by atoms with E-state index in [0.29, 0.717) is 57.6 Å². The summed E-state index contributed by atoms with van der Waals surface area (Å²) >= 11 is 0. The van der Waals surface area contributed by atoms with E-state index in [-0.39, 0.29) is 41.6 Å². The summed E-state index contributed by atoms with van der Waals surface area (Å²) in [6.45, 7) is 6.20. The van der Waals surface area contributed by atoms with E-state index in [9.17, 15) is 19.5 Å². The third-order valence-electron chi connectivity index (χ3n) is 12.9. The van der Waals surface area contributed by atoms with Crippen molar-refractivity contribution in [3.05, 3.63) is 171 Å². The lowest BCUT2D eigenvalue weighted by Crippen LogP contribution is -2.46. The fourth-order valence-corrected chi connectivity index (χ4v) is 12.6. The first-order valence-electron chi connectivity index (χ1n) is 20.9. The maximum Gasteiger partial charge on any atom is 0.279 e. The Morgan fingerprint density at radius 1 is 0.806 bits per heavy atom. The molecule has 10 rings (SSSR count). The first-order chi connectivity index (χ1) is 30.0. The molecule has 5 atom stereocenters. The van der Waals surface area contributed by atoms with Crippen molar-refractivity contribution in [3.63, 3.8) is 0 Å². The number of anilines is 1.